The van der Waals surface area contributed by atoms with Crippen molar-refractivity contribution in [3.63, 3.8) is 0 Å². The Morgan fingerprint density at radius 2 is 2.11 bits per heavy atom. The van der Waals surface area contributed by atoms with Gasteiger partial charge in [0.25, 0.3) is 5.69 Å². The van der Waals surface area contributed by atoms with Crippen LogP contribution in [0.4, 0.5) is 5.69 Å². The zero-order valence-corrected chi connectivity index (χ0v) is 10.5. The summed E-state index contributed by atoms with van der Waals surface area (Å²) in [6.45, 7) is 4.78. The molecule has 1 aromatic carbocycles. The SMILES string of the molecule is Cc1cc([N+](=O)[O-])ccc1OCC(C)(C)C(=O)O. The molecule has 0 fully saturated rings. The van der Waals surface area contributed by atoms with E-state index in [2.05, 4.69) is 0 Å². The minimum absolute atomic E-state index is 0.000976. The number of aryl methyl sites for hydroxylation is 1. The van der Waals surface area contributed by atoms with Crippen LogP contribution in [0, 0.1) is 22.5 Å². The van der Waals surface area contributed by atoms with Gasteiger partial charge in [0.05, 0.1) is 10.3 Å². The van der Waals surface area contributed by atoms with Crippen molar-refractivity contribution in [1.82, 2.24) is 0 Å². The van der Waals surface area contributed by atoms with E-state index in [1.807, 2.05) is 0 Å². The second-order valence-corrected chi connectivity index (χ2v) is 4.68. The first kappa shape index (κ1) is 14.0. The van der Waals surface area contributed by atoms with Crippen LogP contribution in [-0.2, 0) is 4.79 Å². The van der Waals surface area contributed by atoms with E-state index >= 15 is 0 Å². The molecule has 18 heavy (non-hydrogen) atoms. The lowest BCUT2D eigenvalue weighted by Crippen LogP contribution is -2.30. The van der Waals surface area contributed by atoms with Gasteiger partial charge >= 0.3 is 5.97 Å². The summed E-state index contributed by atoms with van der Waals surface area (Å²) in [5, 5.41) is 19.5. The number of hydrogen-bond acceptors (Lipinski definition) is 4. The number of carboxylic acids is 1. The van der Waals surface area contributed by atoms with E-state index in [1.54, 1.807) is 20.8 Å². The summed E-state index contributed by atoms with van der Waals surface area (Å²) in [5.74, 6) is -0.503. The Morgan fingerprint density at radius 3 is 2.56 bits per heavy atom. The Labute approximate surface area is 104 Å². The lowest BCUT2D eigenvalue weighted by atomic mass is 9.95. The van der Waals surface area contributed by atoms with Crippen LogP contribution in [-0.4, -0.2) is 22.6 Å². The molecule has 0 bridgehead atoms. The number of benzene rings is 1. The van der Waals surface area contributed by atoms with Crippen molar-refractivity contribution in [3.05, 3.63) is 33.9 Å². The number of nitro groups is 1. The van der Waals surface area contributed by atoms with Gasteiger partial charge in [0.2, 0.25) is 0 Å². The van der Waals surface area contributed by atoms with Crippen LogP contribution >= 0.6 is 0 Å². The van der Waals surface area contributed by atoms with E-state index in [1.165, 1.54) is 18.2 Å². The molecule has 0 aromatic heterocycles. The molecule has 0 amide bonds. The maximum atomic E-state index is 10.9. The zero-order chi connectivity index (χ0) is 13.9. The lowest BCUT2D eigenvalue weighted by Gasteiger charge is -2.20. The predicted molar refractivity (Wildman–Crippen MR) is 64.7 cm³/mol. The number of ether oxygens (including phenoxy) is 1. The Hall–Kier alpha value is -2.11. The van der Waals surface area contributed by atoms with Gasteiger partial charge in [0, 0.05) is 12.1 Å². The van der Waals surface area contributed by atoms with Gasteiger partial charge in [-0.1, -0.05) is 0 Å². The molecule has 0 saturated carbocycles. The van der Waals surface area contributed by atoms with Crippen molar-refractivity contribution < 1.29 is 19.6 Å². The normalized spacial score (nSPS) is 11.1. The molecule has 0 unspecified atom stereocenters. The number of nitro benzene ring substituents is 1. The molecular formula is C12H15NO5. The summed E-state index contributed by atoms with van der Waals surface area (Å²) in [7, 11) is 0. The summed E-state index contributed by atoms with van der Waals surface area (Å²) in [6.07, 6.45) is 0. The quantitative estimate of drug-likeness (QED) is 0.642. The summed E-state index contributed by atoms with van der Waals surface area (Å²) in [5.41, 5.74) is -0.420. The summed E-state index contributed by atoms with van der Waals surface area (Å²) >= 11 is 0. The summed E-state index contributed by atoms with van der Waals surface area (Å²) in [4.78, 5) is 21.0. The van der Waals surface area contributed by atoms with E-state index in [9.17, 15) is 14.9 Å². The highest BCUT2D eigenvalue weighted by Crippen LogP contribution is 2.25. The monoisotopic (exact) mass is 253 g/mol. The molecule has 0 aliphatic rings. The van der Waals surface area contributed by atoms with Crippen molar-refractivity contribution in [2.75, 3.05) is 6.61 Å². The van der Waals surface area contributed by atoms with Crippen LogP contribution in [0.2, 0.25) is 0 Å². The molecule has 1 aromatic rings. The highest BCUT2D eigenvalue weighted by atomic mass is 16.6. The standard InChI is InChI=1S/C12H15NO5/c1-8-6-9(13(16)17)4-5-10(8)18-7-12(2,3)11(14)15/h4-6H,7H2,1-3H3,(H,14,15). The van der Waals surface area contributed by atoms with Crippen LogP contribution in [0.5, 0.6) is 5.75 Å². The van der Waals surface area contributed by atoms with Crippen LogP contribution < -0.4 is 4.74 Å². The number of rotatable bonds is 5. The molecule has 0 heterocycles. The summed E-state index contributed by atoms with van der Waals surface area (Å²) < 4.78 is 5.39. The lowest BCUT2D eigenvalue weighted by molar-refractivity contribution is -0.384. The number of non-ortho nitro benzene ring substituents is 1. The third-order valence-electron chi connectivity index (χ3n) is 2.54. The van der Waals surface area contributed by atoms with E-state index < -0.39 is 16.3 Å². The van der Waals surface area contributed by atoms with Crippen molar-refractivity contribution in [1.29, 1.82) is 0 Å². The third-order valence-corrected chi connectivity index (χ3v) is 2.54. The van der Waals surface area contributed by atoms with Crippen molar-refractivity contribution in [3.8, 4) is 5.75 Å². The average Bonchev–Trinajstić information content (AvgIpc) is 2.26. The Bertz CT molecular complexity index is 481. The van der Waals surface area contributed by atoms with E-state index in [4.69, 9.17) is 9.84 Å². The van der Waals surface area contributed by atoms with Crippen LogP contribution in [0.25, 0.3) is 0 Å². The number of nitrogens with zero attached hydrogens (tertiary/aromatic N) is 1. The predicted octanol–water partition coefficient (Wildman–Crippen LogP) is 2.39. The van der Waals surface area contributed by atoms with Crippen LogP contribution in [0.3, 0.4) is 0 Å². The topological polar surface area (TPSA) is 89.7 Å². The molecule has 6 heteroatoms. The molecule has 0 aliphatic heterocycles. The highest BCUT2D eigenvalue weighted by Gasteiger charge is 2.28. The van der Waals surface area contributed by atoms with Gasteiger partial charge in [-0.25, -0.2) is 0 Å². The smallest absolute Gasteiger partial charge is 0.312 e. The van der Waals surface area contributed by atoms with E-state index in [0.29, 0.717) is 11.3 Å². The minimum atomic E-state index is -1.01. The molecule has 6 nitrogen and oxygen atoms in total. The van der Waals surface area contributed by atoms with Crippen LogP contribution in [0.1, 0.15) is 19.4 Å². The van der Waals surface area contributed by atoms with Crippen LogP contribution in [0.15, 0.2) is 18.2 Å². The molecule has 0 radical (unpaired) electrons. The maximum absolute atomic E-state index is 10.9. The molecule has 1 rings (SSSR count). The first-order valence-electron chi connectivity index (χ1n) is 5.35. The Kier molecular flexibility index (Phi) is 3.90. The third kappa shape index (κ3) is 3.19. The van der Waals surface area contributed by atoms with Gasteiger partial charge in [-0.15, -0.1) is 0 Å². The largest absolute Gasteiger partial charge is 0.492 e. The van der Waals surface area contributed by atoms with Crippen molar-refractivity contribution >= 4 is 11.7 Å². The molecule has 0 atom stereocenters. The first-order valence-corrected chi connectivity index (χ1v) is 5.35. The number of carboxylic acid groups (broad SMARTS) is 1. The fourth-order valence-electron chi connectivity index (χ4n) is 1.23. The Morgan fingerprint density at radius 1 is 1.50 bits per heavy atom. The molecular weight excluding hydrogens is 238 g/mol. The molecule has 98 valence electrons. The number of carbonyl (C=O) groups is 1. The summed E-state index contributed by atoms with van der Waals surface area (Å²) in [6, 6.07) is 4.20. The average molecular weight is 253 g/mol. The number of aliphatic carboxylic acids is 1. The maximum Gasteiger partial charge on any atom is 0.312 e. The second-order valence-electron chi connectivity index (χ2n) is 4.68. The molecule has 0 spiro atoms. The van der Waals surface area contributed by atoms with Gasteiger partial charge in [-0.05, 0) is 32.4 Å². The van der Waals surface area contributed by atoms with Crippen molar-refractivity contribution in [2.24, 2.45) is 5.41 Å². The second kappa shape index (κ2) is 5.03. The molecule has 1 N–H and O–H groups in total. The van der Waals surface area contributed by atoms with Gasteiger partial charge in [0.15, 0.2) is 0 Å². The highest BCUT2D eigenvalue weighted by molar-refractivity contribution is 5.73. The minimum Gasteiger partial charge on any atom is -0.492 e. The van der Waals surface area contributed by atoms with Gasteiger partial charge < -0.3 is 9.84 Å². The Balaban J connectivity index is 2.81. The zero-order valence-electron chi connectivity index (χ0n) is 10.5. The molecule has 0 aliphatic carbocycles. The van der Waals surface area contributed by atoms with E-state index in [0.717, 1.165) is 0 Å². The fourth-order valence-corrected chi connectivity index (χ4v) is 1.23. The van der Waals surface area contributed by atoms with E-state index in [-0.39, 0.29) is 12.3 Å². The first-order chi connectivity index (χ1) is 8.24. The van der Waals surface area contributed by atoms with Gasteiger partial charge in [-0.3, -0.25) is 14.9 Å². The van der Waals surface area contributed by atoms with Gasteiger partial charge in [0.1, 0.15) is 12.4 Å². The van der Waals surface area contributed by atoms with Crippen molar-refractivity contribution in [2.45, 2.75) is 20.8 Å². The molecule has 0 saturated heterocycles. The fraction of sp³-hybridized carbons (Fsp3) is 0.417. The number of hydrogen-bond donors (Lipinski definition) is 1. The van der Waals surface area contributed by atoms with Gasteiger partial charge in [-0.2, -0.15) is 0 Å².